The molecule has 7 aliphatic rings. The van der Waals surface area contributed by atoms with Gasteiger partial charge < -0.3 is 14.6 Å². The molecule has 6 heteroatoms. The van der Waals surface area contributed by atoms with Gasteiger partial charge >= 0.3 is 11.9 Å². The maximum Gasteiger partial charge on any atom is 0.311 e. The van der Waals surface area contributed by atoms with Crippen LogP contribution < -0.4 is 4.74 Å². The second-order valence-electron chi connectivity index (χ2n) is 16.4. The van der Waals surface area contributed by atoms with Gasteiger partial charge in [0.2, 0.25) is 0 Å². The van der Waals surface area contributed by atoms with Crippen LogP contribution in [0, 0.1) is 46.3 Å². The molecule has 1 aromatic carbocycles. The Hall–Kier alpha value is -2.89. The average molecular weight is 627 g/mol. The first kappa shape index (κ1) is 30.4. The molecule has 46 heavy (non-hydrogen) atoms. The molecule has 0 amide bonds. The van der Waals surface area contributed by atoms with Crippen molar-refractivity contribution in [1.29, 1.82) is 0 Å². The summed E-state index contributed by atoms with van der Waals surface area (Å²) in [4.78, 5) is 35.7. The van der Waals surface area contributed by atoms with Crippen molar-refractivity contribution in [3.63, 3.8) is 0 Å². The lowest BCUT2D eigenvalue weighted by molar-refractivity contribution is -0.142. The van der Waals surface area contributed by atoms with Crippen molar-refractivity contribution in [2.24, 2.45) is 46.3 Å². The van der Waals surface area contributed by atoms with Gasteiger partial charge in [-0.05, 0) is 147 Å². The minimum Gasteiger partial charge on any atom is -0.494 e. The molecule has 1 N–H and O–H groups in total. The highest BCUT2D eigenvalue weighted by atomic mass is 16.5. The number of benzene rings is 1. The lowest BCUT2D eigenvalue weighted by Gasteiger charge is -2.51. The van der Waals surface area contributed by atoms with E-state index in [1.54, 1.807) is 0 Å². The number of allylic oxidation sites excluding steroid dienone is 4. The number of aliphatic carboxylic acids is 1. The lowest BCUT2D eigenvalue weighted by Crippen LogP contribution is -2.46. The smallest absolute Gasteiger partial charge is 0.311 e. The predicted molar refractivity (Wildman–Crippen MR) is 174 cm³/mol. The number of fused-ring (bicyclic) bond motifs is 10. The number of aryl methyl sites for hydroxylation is 1. The summed E-state index contributed by atoms with van der Waals surface area (Å²) in [7, 11) is 0. The zero-order valence-electron chi connectivity index (χ0n) is 27.6. The predicted octanol–water partition coefficient (Wildman–Crippen LogP) is 8.33. The summed E-state index contributed by atoms with van der Waals surface area (Å²) in [6.07, 6.45) is 19.4. The summed E-state index contributed by atoms with van der Waals surface area (Å²) in [5, 5.41) is 8.86. The van der Waals surface area contributed by atoms with Gasteiger partial charge in [0.25, 0.3) is 0 Å². The molecule has 10 atom stereocenters. The van der Waals surface area contributed by atoms with Crippen LogP contribution in [0.4, 0.5) is 0 Å². The number of carbonyl (C=O) groups excluding carboxylic acids is 2. The van der Waals surface area contributed by atoms with Crippen molar-refractivity contribution < 1.29 is 29.0 Å². The van der Waals surface area contributed by atoms with Crippen LogP contribution in [-0.2, 0) is 25.5 Å². The third-order valence-corrected chi connectivity index (χ3v) is 14.5. The summed E-state index contributed by atoms with van der Waals surface area (Å²) >= 11 is 0. The average Bonchev–Trinajstić information content (AvgIpc) is 3.54. The van der Waals surface area contributed by atoms with Gasteiger partial charge in [0.15, 0.2) is 0 Å². The molecule has 0 unspecified atom stereocenters. The Morgan fingerprint density at radius 2 is 1.74 bits per heavy atom. The second kappa shape index (κ2) is 11.4. The number of hydrogen-bond donors (Lipinski definition) is 1. The van der Waals surface area contributed by atoms with Gasteiger partial charge in [-0.1, -0.05) is 26.0 Å². The topological polar surface area (TPSA) is 89.9 Å². The van der Waals surface area contributed by atoms with E-state index in [1.807, 2.05) is 12.1 Å². The quantitative estimate of drug-likeness (QED) is 0.252. The van der Waals surface area contributed by atoms with Crippen LogP contribution in [0.25, 0.3) is 0 Å². The van der Waals surface area contributed by atoms with E-state index in [0.29, 0.717) is 47.0 Å². The number of carboxylic acids is 1. The lowest BCUT2D eigenvalue weighted by atomic mass is 9.53. The van der Waals surface area contributed by atoms with E-state index in [4.69, 9.17) is 14.6 Å². The largest absolute Gasteiger partial charge is 0.494 e. The normalized spacial score (nSPS) is 40.6. The number of Topliss-reactive ketones (excluding diaryl/α,β-unsaturated/α-hetero) is 1. The van der Waals surface area contributed by atoms with E-state index in [-0.39, 0.29) is 29.8 Å². The number of carboxylic acid groups (broad SMARTS) is 1. The van der Waals surface area contributed by atoms with Crippen LogP contribution in [0.1, 0.15) is 121 Å². The maximum absolute atomic E-state index is 12.8. The third kappa shape index (κ3) is 4.91. The standard InChI is InChI=1S/C40H50O6/c1-39-19-17-29-27-9-5-25(21-23(27)3-7-31(29)33(39)11-13-35(39)41)45-36-14-12-34-32-8-4-24-22-26(46-38(44)16-15-37(42)43)6-10-28(24)30(32)18-20-40(34,36)2/h3,6,10,21-22,27,29-34,36H,4-5,7-9,11-20H2,1-2H3,(H,42,43)/t27-,29+,30+,31+,32+,33-,34-,36-,39-,40-/m0/s1. The molecule has 8 rings (SSSR count). The Kier molecular flexibility index (Phi) is 7.53. The van der Waals surface area contributed by atoms with Gasteiger partial charge in [0.05, 0.1) is 18.6 Å². The summed E-state index contributed by atoms with van der Waals surface area (Å²) in [6.45, 7) is 4.78. The van der Waals surface area contributed by atoms with Crippen molar-refractivity contribution in [2.75, 3.05) is 0 Å². The molecular formula is C40H50O6. The van der Waals surface area contributed by atoms with Gasteiger partial charge in [0.1, 0.15) is 17.6 Å². The van der Waals surface area contributed by atoms with Crippen LogP contribution in [0.3, 0.4) is 0 Å². The Morgan fingerprint density at radius 1 is 0.870 bits per heavy atom. The minimum absolute atomic E-state index is 0.0541. The molecule has 6 nitrogen and oxygen atoms in total. The first-order chi connectivity index (χ1) is 22.1. The van der Waals surface area contributed by atoms with Crippen molar-refractivity contribution in [3.8, 4) is 5.75 Å². The highest BCUT2D eigenvalue weighted by Crippen LogP contribution is 2.63. The van der Waals surface area contributed by atoms with Crippen molar-refractivity contribution in [1.82, 2.24) is 0 Å². The van der Waals surface area contributed by atoms with Crippen molar-refractivity contribution in [2.45, 2.75) is 122 Å². The highest BCUT2D eigenvalue weighted by molar-refractivity contribution is 5.87. The number of rotatable bonds is 6. The Bertz CT molecular complexity index is 1500. The molecule has 0 aromatic heterocycles. The van der Waals surface area contributed by atoms with E-state index in [9.17, 15) is 14.4 Å². The van der Waals surface area contributed by atoms with Crippen molar-refractivity contribution >= 4 is 17.7 Å². The third-order valence-electron chi connectivity index (χ3n) is 14.5. The summed E-state index contributed by atoms with van der Waals surface area (Å²) < 4.78 is 12.5. The van der Waals surface area contributed by atoms with E-state index < -0.39 is 11.9 Å². The molecular weight excluding hydrogens is 576 g/mol. The maximum atomic E-state index is 12.8. The van der Waals surface area contributed by atoms with Crippen LogP contribution in [0.15, 0.2) is 41.7 Å². The molecule has 0 radical (unpaired) electrons. The zero-order valence-corrected chi connectivity index (χ0v) is 27.6. The van der Waals surface area contributed by atoms with Crippen LogP contribution >= 0.6 is 0 Å². The summed E-state index contributed by atoms with van der Waals surface area (Å²) in [6, 6.07) is 6.09. The number of carbonyl (C=O) groups is 3. The summed E-state index contributed by atoms with van der Waals surface area (Å²) in [5.74, 6) is 5.31. The number of ether oxygens (including phenoxy) is 2. The molecule has 0 heterocycles. The molecule has 0 bridgehead atoms. The molecule has 1 aromatic rings. The zero-order chi connectivity index (χ0) is 31.8. The van der Waals surface area contributed by atoms with E-state index in [1.165, 1.54) is 54.6 Å². The Morgan fingerprint density at radius 3 is 2.59 bits per heavy atom. The molecule has 246 valence electrons. The van der Waals surface area contributed by atoms with Crippen LogP contribution in [0.2, 0.25) is 0 Å². The Balaban J connectivity index is 0.931. The van der Waals surface area contributed by atoms with Crippen LogP contribution in [-0.4, -0.2) is 28.9 Å². The Labute approximate surface area is 273 Å². The van der Waals surface area contributed by atoms with E-state index >= 15 is 0 Å². The molecule has 4 fully saturated rings. The molecule has 4 saturated carbocycles. The highest BCUT2D eigenvalue weighted by Gasteiger charge is 2.57. The fraction of sp³-hybridized carbons (Fsp3) is 0.675. The first-order valence-electron chi connectivity index (χ1n) is 18.3. The fourth-order valence-corrected chi connectivity index (χ4v) is 12.1. The van der Waals surface area contributed by atoms with E-state index in [0.717, 1.165) is 57.3 Å². The molecule has 0 saturated heterocycles. The van der Waals surface area contributed by atoms with Gasteiger partial charge in [-0.2, -0.15) is 0 Å². The SMILES string of the molecule is C[C@]12CC[C@@H]3c4ccc(OC(=O)CCC(=O)O)cc4CC[C@H]3[C@@H]1CC[C@@H]2OC1=CC2=CC[C@@H]3[C@H](CC[C@]4(C)C(=O)CC[C@@H]34)[C@H]2CC1. The monoisotopic (exact) mass is 626 g/mol. The summed E-state index contributed by atoms with van der Waals surface area (Å²) in [5.41, 5.74) is 4.37. The first-order valence-corrected chi connectivity index (χ1v) is 18.3. The van der Waals surface area contributed by atoms with Gasteiger partial charge in [0, 0.05) is 23.7 Å². The minimum atomic E-state index is -0.989. The molecule has 0 spiro atoms. The fourth-order valence-electron chi connectivity index (χ4n) is 12.1. The molecule has 0 aliphatic heterocycles. The van der Waals surface area contributed by atoms with Crippen molar-refractivity contribution in [3.05, 3.63) is 52.8 Å². The number of hydrogen-bond acceptors (Lipinski definition) is 5. The second-order valence-corrected chi connectivity index (χ2v) is 16.4. The van der Waals surface area contributed by atoms with Gasteiger partial charge in [-0.25, -0.2) is 0 Å². The number of esters is 1. The van der Waals surface area contributed by atoms with Gasteiger partial charge in [-0.3, -0.25) is 14.4 Å². The molecule has 7 aliphatic carbocycles. The number of ketones is 1. The van der Waals surface area contributed by atoms with E-state index in [2.05, 4.69) is 32.1 Å². The van der Waals surface area contributed by atoms with Gasteiger partial charge in [-0.15, -0.1) is 0 Å². The van der Waals surface area contributed by atoms with Crippen LogP contribution in [0.5, 0.6) is 5.75 Å².